The van der Waals surface area contributed by atoms with Crippen molar-refractivity contribution in [2.24, 2.45) is 0 Å². The van der Waals surface area contributed by atoms with Gasteiger partial charge in [0.05, 0.1) is 6.54 Å². The quantitative estimate of drug-likeness (QED) is 0.787. The Morgan fingerprint density at radius 1 is 1.04 bits per heavy atom. The molecule has 0 radical (unpaired) electrons. The first-order valence-electron chi connectivity index (χ1n) is 6.97. The summed E-state index contributed by atoms with van der Waals surface area (Å²) in [5.41, 5.74) is 1.26. The Morgan fingerprint density at radius 2 is 1.74 bits per heavy atom. The van der Waals surface area contributed by atoms with Gasteiger partial charge in [-0.2, -0.15) is 0 Å². The molecule has 0 aliphatic rings. The average Bonchev–Trinajstić information content (AvgIpc) is 2.54. The van der Waals surface area contributed by atoms with Gasteiger partial charge in [0.1, 0.15) is 5.82 Å². The van der Waals surface area contributed by atoms with Crippen LogP contribution in [0, 0.1) is 5.82 Å². The number of halogens is 2. The number of aromatic nitrogens is 1. The molecule has 0 spiro atoms. The third-order valence-corrected chi connectivity index (χ3v) is 3.80. The van der Waals surface area contributed by atoms with Crippen LogP contribution in [0.25, 0.3) is 11.1 Å². The fraction of sp³-hybridized carbons (Fsp3) is 0.0556. The van der Waals surface area contributed by atoms with Crippen LogP contribution in [0.15, 0.2) is 65.6 Å². The lowest BCUT2D eigenvalue weighted by Gasteiger charge is -2.10. The van der Waals surface area contributed by atoms with E-state index in [1.54, 1.807) is 48.7 Å². The smallest absolute Gasteiger partial charge is 0.292 e. The van der Waals surface area contributed by atoms with Crippen LogP contribution >= 0.6 is 11.6 Å². The second kappa shape index (κ2) is 6.26. The molecule has 0 fully saturated rings. The minimum atomic E-state index is -0.564. The average molecular weight is 330 g/mol. The van der Waals surface area contributed by atoms with Crippen LogP contribution in [0.5, 0.6) is 5.75 Å². The molecule has 116 valence electrons. The predicted octanol–water partition coefficient (Wildman–Crippen LogP) is 4.06. The van der Waals surface area contributed by atoms with Gasteiger partial charge >= 0.3 is 0 Å². The Hall–Kier alpha value is -2.59. The summed E-state index contributed by atoms with van der Waals surface area (Å²) < 4.78 is 15.1. The van der Waals surface area contributed by atoms with Crippen molar-refractivity contribution in [2.75, 3.05) is 0 Å². The Labute approximate surface area is 137 Å². The van der Waals surface area contributed by atoms with Crippen molar-refractivity contribution in [3.8, 4) is 16.9 Å². The second-order valence-corrected chi connectivity index (χ2v) is 5.58. The monoisotopic (exact) mass is 329 g/mol. The molecule has 0 unspecified atom stereocenters. The molecule has 0 aliphatic carbocycles. The van der Waals surface area contributed by atoms with E-state index in [0.717, 1.165) is 5.56 Å². The van der Waals surface area contributed by atoms with E-state index in [1.165, 1.54) is 16.7 Å². The van der Waals surface area contributed by atoms with E-state index in [0.29, 0.717) is 16.1 Å². The normalized spacial score (nSPS) is 10.7. The first-order chi connectivity index (χ1) is 11.0. The molecule has 3 rings (SSSR count). The number of hydrogen-bond donors (Lipinski definition) is 1. The molecule has 1 heterocycles. The molecule has 0 aliphatic heterocycles. The zero-order valence-electron chi connectivity index (χ0n) is 12.0. The summed E-state index contributed by atoms with van der Waals surface area (Å²) in [6.07, 6.45) is 1.59. The van der Waals surface area contributed by atoms with Crippen molar-refractivity contribution in [3.63, 3.8) is 0 Å². The van der Waals surface area contributed by atoms with Gasteiger partial charge in [-0.3, -0.25) is 4.79 Å². The summed E-state index contributed by atoms with van der Waals surface area (Å²) >= 11 is 5.87. The summed E-state index contributed by atoms with van der Waals surface area (Å²) in [4.78, 5) is 12.1. The van der Waals surface area contributed by atoms with Crippen molar-refractivity contribution in [1.29, 1.82) is 0 Å². The van der Waals surface area contributed by atoms with Crippen LogP contribution in [-0.2, 0) is 6.54 Å². The molecular weight excluding hydrogens is 317 g/mol. The van der Waals surface area contributed by atoms with Gasteiger partial charge in [-0.1, -0.05) is 41.9 Å². The Morgan fingerprint density at radius 3 is 2.43 bits per heavy atom. The van der Waals surface area contributed by atoms with E-state index in [2.05, 4.69) is 0 Å². The molecule has 0 saturated heterocycles. The first kappa shape index (κ1) is 15.3. The Balaban J connectivity index is 2.05. The summed E-state index contributed by atoms with van der Waals surface area (Å²) in [5.74, 6) is -0.774. The molecule has 5 heteroatoms. The predicted molar refractivity (Wildman–Crippen MR) is 88.3 cm³/mol. The van der Waals surface area contributed by atoms with Crippen molar-refractivity contribution < 1.29 is 9.50 Å². The Kier molecular flexibility index (Phi) is 4.17. The number of rotatable bonds is 3. The number of aromatic hydroxyl groups is 1. The number of nitrogens with zero attached hydrogens (tertiary/aromatic N) is 1. The van der Waals surface area contributed by atoms with E-state index >= 15 is 0 Å². The van der Waals surface area contributed by atoms with Gasteiger partial charge in [-0.15, -0.1) is 0 Å². The molecule has 0 atom stereocenters. The van der Waals surface area contributed by atoms with Crippen LogP contribution in [0.3, 0.4) is 0 Å². The van der Waals surface area contributed by atoms with Gasteiger partial charge in [-0.25, -0.2) is 4.39 Å². The van der Waals surface area contributed by atoms with Crippen molar-refractivity contribution in [2.45, 2.75) is 6.54 Å². The number of pyridine rings is 1. The van der Waals surface area contributed by atoms with Crippen LogP contribution in [-0.4, -0.2) is 9.67 Å². The standard InChI is InChI=1S/C18H13ClFNO2/c19-15-7-5-12(6-8-15)14-9-17(22)18(23)21(11-14)10-13-3-1-2-4-16(13)20/h1-9,11,22H,10H2. The molecule has 0 saturated carbocycles. The lowest BCUT2D eigenvalue weighted by Crippen LogP contribution is -2.20. The molecule has 3 nitrogen and oxygen atoms in total. The van der Waals surface area contributed by atoms with Gasteiger partial charge in [0.15, 0.2) is 5.75 Å². The van der Waals surface area contributed by atoms with Crippen molar-refractivity contribution >= 4 is 11.6 Å². The van der Waals surface area contributed by atoms with Gasteiger partial charge < -0.3 is 9.67 Å². The molecule has 0 amide bonds. The maximum absolute atomic E-state index is 13.8. The van der Waals surface area contributed by atoms with Gasteiger partial charge in [0.25, 0.3) is 5.56 Å². The lowest BCUT2D eigenvalue weighted by molar-refractivity contribution is 0.459. The molecule has 3 aromatic rings. The van der Waals surface area contributed by atoms with Crippen molar-refractivity contribution in [3.05, 3.63) is 87.6 Å². The first-order valence-corrected chi connectivity index (χ1v) is 7.35. The minimum Gasteiger partial charge on any atom is -0.503 e. The molecule has 0 bridgehead atoms. The zero-order chi connectivity index (χ0) is 16.4. The molecule has 2 aromatic carbocycles. The van der Waals surface area contributed by atoms with E-state index in [4.69, 9.17) is 11.6 Å². The molecule has 23 heavy (non-hydrogen) atoms. The third-order valence-electron chi connectivity index (χ3n) is 3.54. The van der Waals surface area contributed by atoms with E-state index in [1.807, 2.05) is 0 Å². The van der Waals surface area contributed by atoms with Crippen LogP contribution in [0.2, 0.25) is 5.02 Å². The van der Waals surface area contributed by atoms with Crippen LogP contribution in [0.4, 0.5) is 4.39 Å². The summed E-state index contributed by atoms with van der Waals surface area (Å²) in [7, 11) is 0. The van der Waals surface area contributed by atoms with E-state index < -0.39 is 11.4 Å². The maximum atomic E-state index is 13.8. The van der Waals surface area contributed by atoms with E-state index in [-0.39, 0.29) is 12.3 Å². The topological polar surface area (TPSA) is 42.2 Å². The fourth-order valence-electron chi connectivity index (χ4n) is 2.35. The number of benzene rings is 2. The molecule has 1 aromatic heterocycles. The van der Waals surface area contributed by atoms with Gasteiger partial charge in [0, 0.05) is 22.3 Å². The third kappa shape index (κ3) is 3.27. The highest BCUT2D eigenvalue weighted by molar-refractivity contribution is 6.30. The molecule has 1 N–H and O–H groups in total. The fourth-order valence-corrected chi connectivity index (χ4v) is 2.47. The highest BCUT2D eigenvalue weighted by atomic mass is 35.5. The lowest BCUT2D eigenvalue weighted by atomic mass is 10.1. The maximum Gasteiger partial charge on any atom is 0.292 e. The zero-order valence-corrected chi connectivity index (χ0v) is 12.8. The largest absolute Gasteiger partial charge is 0.503 e. The summed E-state index contributed by atoms with van der Waals surface area (Å²) in [6, 6.07) is 14.6. The highest BCUT2D eigenvalue weighted by Crippen LogP contribution is 2.23. The Bertz CT molecular complexity index is 904. The molecular formula is C18H13ClFNO2. The van der Waals surface area contributed by atoms with Crippen LogP contribution in [0.1, 0.15) is 5.56 Å². The van der Waals surface area contributed by atoms with E-state index in [9.17, 15) is 14.3 Å². The minimum absolute atomic E-state index is 0.0422. The van der Waals surface area contributed by atoms with Gasteiger partial charge in [-0.05, 0) is 29.8 Å². The summed E-state index contributed by atoms with van der Waals surface area (Å²) in [6.45, 7) is 0.0422. The second-order valence-electron chi connectivity index (χ2n) is 5.15. The highest BCUT2D eigenvalue weighted by Gasteiger charge is 2.09. The van der Waals surface area contributed by atoms with Gasteiger partial charge in [0.2, 0.25) is 0 Å². The van der Waals surface area contributed by atoms with Crippen molar-refractivity contribution in [1.82, 2.24) is 4.57 Å². The van der Waals surface area contributed by atoms with Crippen LogP contribution < -0.4 is 5.56 Å². The SMILES string of the molecule is O=c1c(O)cc(-c2ccc(Cl)cc2)cn1Cc1ccccc1F. The summed E-state index contributed by atoms with van der Waals surface area (Å²) in [5, 5.41) is 10.5. The number of hydrogen-bond acceptors (Lipinski definition) is 2.